The van der Waals surface area contributed by atoms with Crippen molar-refractivity contribution in [2.24, 2.45) is 11.7 Å². The van der Waals surface area contributed by atoms with Crippen LogP contribution in [0.1, 0.15) is 24.8 Å². The summed E-state index contributed by atoms with van der Waals surface area (Å²) in [5.41, 5.74) is 6.85. The highest BCUT2D eigenvalue weighted by atomic mass is 35.5. The molecule has 126 valence electrons. The predicted octanol–water partition coefficient (Wildman–Crippen LogP) is 1.85. The summed E-state index contributed by atoms with van der Waals surface area (Å²) >= 11 is 0. The minimum atomic E-state index is 0. The Balaban J connectivity index is 0.00000132. The van der Waals surface area contributed by atoms with Crippen molar-refractivity contribution in [3.8, 4) is 5.82 Å². The Morgan fingerprint density at radius 2 is 2.17 bits per heavy atom. The molecule has 0 aliphatic heterocycles. The molecule has 2 unspecified atom stereocenters. The topological polar surface area (TPSA) is 85.8 Å². The second-order valence-electron chi connectivity index (χ2n) is 5.46. The van der Waals surface area contributed by atoms with Gasteiger partial charge in [0, 0.05) is 37.1 Å². The van der Waals surface area contributed by atoms with Gasteiger partial charge < -0.3 is 11.1 Å². The average molecular weight is 358 g/mol. The largest absolute Gasteiger partial charge is 0.352 e. The summed E-state index contributed by atoms with van der Waals surface area (Å²) in [6, 6.07) is 5.84. The van der Waals surface area contributed by atoms with Gasteiger partial charge in [0.25, 0.3) is 0 Å². The molecule has 2 atom stereocenters. The van der Waals surface area contributed by atoms with Crippen LogP contribution in [0.2, 0.25) is 0 Å². The first-order valence-electron chi connectivity index (χ1n) is 7.20. The van der Waals surface area contributed by atoms with Gasteiger partial charge in [-0.1, -0.05) is 0 Å². The fourth-order valence-corrected chi connectivity index (χ4v) is 2.69. The van der Waals surface area contributed by atoms with Gasteiger partial charge in [-0.05, 0) is 43.0 Å². The van der Waals surface area contributed by atoms with Gasteiger partial charge in [0.1, 0.15) is 0 Å². The van der Waals surface area contributed by atoms with E-state index in [2.05, 4.69) is 15.4 Å². The molecule has 3 rings (SSSR count). The number of halogens is 2. The molecule has 1 aliphatic rings. The number of carbonyl (C=O) groups excluding carboxylic acids is 1. The second kappa shape index (κ2) is 8.86. The molecule has 2 aromatic heterocycles. The molecule has 0 aromatic carbocycles. The summed E-state index contributed by atoms with van der Waals surface area (Å²) in [4.78, 5) is 16.3. The second-order valence-corrected chi connectivity index (χ2v) is 5.46. The lowest BCUT2D eigenvalue weighted by Gasteiger charge is -2.11. The van der Waals surface area contributed by atoms with Crippen LogP contribution in [0.15, 0.2) is 36.8 Å². The van der Waals surface area contributed by atoms with E-state index in [4.69, 9.17) is 5.73 Å². The highest BCUT2D eigenvalue weighted by molar-refractivity contribution is 5.85. The molecule has 0 radical (unpaired) electrons. The van der Waals surface area contributed by atoms with Gasteiger partial charge in [0.2, 0.25) is 5.91 Å². The Morgan fingerprint density at radius 3 is 2.83 bits per heavy atom. The normalized spacial score (nSPS) is 19.5. The van der Waals surface area contributed by atoms with Crippen LogP contribution in [0.25, 0.3) is 5.82 Å². The molecule has 1 aliphatic carbocycles. The molecule has 1 fully saturated rings. The summed E-state index contributed by atoms with van der Waals surface area (Å²) < 4.78 is 1.70. The number of pyridine rings is 1. The van der Waals surface area contributed by atoms with Gasteiger partial charge in [0.05, 0.1) is 0 Å². The fourth-order valence-electron chi connectivity index (χ4n) is 2.69. The van der Waals surface area contributed by atoms with E-state index in [9.17, 15) is 4.79 Å². The highest BCUT2D eigenvalue weighted by Gasteiger charge is 2.27. The number of nitrogens with one attached hydrogen (secondary N) is 1. The van der Waals surface area contributed by atoms with E-state index in [1.165, 1.54) is 0 Å². The lowest BCUT2D eigenvalue weighted by molar-refractivity contribution is -0.125. The van der Waals surface area contributed by atoms with Gasteiger partial charge in [-0.3, -0.25) is 4.79 Å². The number of nitrogens with two attached hydrogens (primary N) is 1. The predicted molar refractivity (Wildman–Crippen MR) is 93.0 cm³/mol. The van der Waals surface area contributed by atoms with Crippen molar-refractivity contribution in [2.45, 2.75) is 31.8 Å². The minimum absolute atomic E-state index is 0. The molecule has 0 spiro atoms. The van der Waals surface area contributed by atoms with E-state index in [1.54, 1.807) is 17.1 Å². The zero-order valence-corrected chi connectivity index (χ0v) is 14.2. The maximum atomic E-state index is 12.1. The maximum absolute atomic E-state index is 12.1. The van der Waals surface area contributed by atoms with Crippen LogP contribution in [-0.4, -0.2) is 26.7 Å². The third-order valence-electron chi connectivity index (χ3n) is 3.86. The molecular weight excluding hydrogens is 337 g/mol. The van der Waals surface area contributed by atoms with Crippen molar-refractivity contribution in [1.29, 1.82) is 0 Å². The van der Waals surface area contributed by atoms with E-state index in [0.29, 0.717) is 6.54 Å². The van der Waals surface area contributed by atoms with Gasteiger partial charge in [-0.2, -0.15) is 5.10 Å². The van der Waals surface area contributed by atoms with E-state index < -0.39 is 0 Å². The average Bonchev–Trinajstić information content (AvgIpc) is 3.16. The van der Waals surface area contributed by atoms with E-state index >= 15 is 0 Å². The number of aromatic nitrogens is 3. The zero-order chi connectivity index (χ0) is 14.7. The summed E-state index contributed by atoms with van der Waals surface area (Å²) in [5.74, 6) is 0.905. The Labute approximate surface area is 147 Å². The first-order chi connectivity index (χ1) is 10.2. The number of amides is 1. The summed E-state index contributed by atoms with van der Waals surface area (Å²) in [5, 5.41) is 7.13. The van der Waals surface area contributed by atoms with Gasteiger partial charge in [0.15, 0.2) is 5.82 Å². The molecule has 2 heterocycles. The van der Waals surface area contributed by atoms with Crippen LogP contribution in [0, 0.1) is 5.92 Å². The minimum Gasteiger partial charge on any atom is -0.352 e. The van der Waals surface area contributed by atoms with Gasteiger partial charge >= 0.3 is 0 Å². The first kappa shape index (κ1) is 19.4. The summed E-state index contributed by atoms with van der Waals surface area (Å²) in [6.07, 6.45) is 7.90. The van der Waals surface area contributed by atoms with Crippen molar-refractivity contribution in [3.63, 3.8) is 0 Å². The van der Waals surface area contributed by atoms with Crippen molar-refractivity contribution < 1.29 is 4.79 Å². The number of carbonyl (C=O) groups is 1. The van der Waals surface area contributed by atoms with Crippen LogP contribution in [0.4, 0.5) is 0 Å². The number of hydrogen-bond donors (Lipinski definition) is 2. The monoisotopic (exact) mass is 357 g/mol. The number of rotatable bonds is 4. The number of hydrogen-bond acceptors (Lipinski definition) is 4. The van der Waals surface area contributed by atoms with E-state index in [1.807, 2.05) is 24.4 Å². The lowest BCUT2D eigenvalue weighted by Crippen LogP contribution is -2.30. The zero-order valence-electron chi connectivity index (χ0n) is 12.6. The Kier molecular flexibility index (Phi) is 7.48. The third kappa shape index (κ3) is 4.92. The lowest BCUT2D eigenvalue weighted by atomic mass is 10.1. The molecular formula is C15H21Cl2N5O. The molecule has 0 bridgehead atoms. The first-order valence-corrected chi connectivity index (χ1v) is 7.20. The molecule has 3 N–H and O–H groups in total. The molecule has 23 heavy (non-hydrogen) atoms. The van der Waals surface area contributed by atoms with Crippen molar-refractivity contribution in [1.82, 2.24) is 20.1 Å². The van der Waals surface area contributed by atoms with Crippen LogP contribution in [-0.2, 0) is 11.3 Å². The van der Waals surface area contributed by atoms with Crippen LogP contribution in [0.3, 0.4) is 0 Å². The van der Waals surface area contributed by atoms with Crippen LogP contribution < -0.4 is 11.1 Å². The number of nitrogens with zero attached hydrogens (tertiary/aromatic N) is 3. The van der Waals surface area contributed by atoms with Crippen molar-refractivity contribution >= 4 is 30.7 Å². The van der Waals surface area contributed by atoms with Gasteiger partial charge in [-0.25, -0.2) is 9.67 Å². The molecule has 1 saturated carbocycles. The molecule has 0 saturated heterocycles. The van der Waals surface area contributed by atoms with Crippen LogP contribution in [0.5, 0.6) is 0 Å². The Bertz CT molecular complexity index is 620. The quantitative estimate of drug-likeness (QED) is 0.874. The highest BCUT2D eigenvalue weighted by Crippen LogP contribution is 2.24. The summed E-state index contributed by atoms with van der Waals surface area (Å²) in [7, 11) is 0. The van der Waals surface area contributed by atoms with Gasteiger partial charge in [-0.15, -0.1) is 24.8 Å². The fraction of sp³-hybridized carbons (Fsp3) is 0.400. The standard InChI is InChI=1S/C15H19N5O.2ClH/c16-13-3-2-12(9-13)15(21)18-10-11-4-6-17-14(8-11)20-7-1-5-19-20;;/h1,4-8,12-13H,2-3,9-10,16H2,(H,18,21);2*1H. The maximum Gasteiger partial charge on any atom is 0.223 e. The van der Waals surface area contributed by atoms with E-state index in [0.717, 1.165) is 30.6 Å². The Morgan fingerprint density at radius 1 is 1.35 bits per heavy atom. The third-order valence-corrected chi connectivity index (χ3v) is 3.86. The molecule has 8 heteroatoms. The SMILES string of the molecule is Cl.Cl.NC1CCC(C(=O)NCc2ccnc(-n3cccn3)c2)C1. The molecule has 1 amide bonds. The Hall–Kier alpha value is -1.63. The summed E-state index contributed by atoms with van der Waals surface area (Å²) in [6.45, 7) is 0.501. The van der Waals surface area contributed by atoms with E-state index in [-0.39, 0.29) is 42.7 Å². The molecule has 2 aromatic rings. The van der Waals surface area contributed by atoms with Crippen LogP contribution >= 0.6 is 24.8 Å². The molecule has 6 nitrogen and oxygen atoms in total. The van der Waals surface area contributed by atoms with Crippen molar-refractivity contribution in [2.75, 3.05) is 0 Å². The van der Waals surface area contributed by atoms with Crippen molar-refractivity contribution in [3.05, 3.63) is 42.4 Å². The smallest absolute Gasteiger partial charge is 0.223 e.